The minimum atomic E-state index is 0.244. The van der Waals surface area contributed by atoms with E-state index >= 15 is 0 Å². The third kappa shape index (κ3) is 2.86. The summed E-state index contributed by atoms with van der Waals surface area (Å²) in [5, 5.41) is 1.10. The molecule has 104 valence electrons. The number of halogens is 2. The van der Waals surface area contributed by atoms with E-state index < -0.39 is 0 Å². The molecule has 0 atom stereocenters. The lowest BCUT2D eigenvalue weighted by atomic mass is 10.1. The second kappa shape index (κ2) is 5.54. The first-order valence-electron chi connectivity index (χ1n) is 6.60. The van der Waals surface area contributed by atoms with Crippen molar-refractivity contribution >= 4 is 29.2 Å². The molecule has 0 unspecified atom stereocenters. The van der Waals surface area contributed by atoms with Gasteiger partial charge in [0.1, 0.15) is 5.82 Å². The zero-order valence-corrected chi connectivity index (χ0v) is 12.3. The van der Waals surface area contributed by atoms with E-state index in [2.05, 4.69) is 15.0 Å². The number of aromatic nitrogens is 3. The van der Waals surface area contributed by atoms with E-state index in [1.807, 2.05) is 0 Å². The summed E-state index contributed by atoms with van der Waals surface area (Å²) in [7, 11) is 0. The first-order valence-corrected chi connectivity index (χ1v) is 7.35. The minimum absolute atomic E-state index is 0.244. The summed E-state index contributed by atoms with van der Waals surface area (Å²) in [5.74, 6) is 1.94. The Hall–Kier alpha value is -1.39. The average Bonchev–Trinajstić information content (AvgIpc) is 2.90. The normalized spacial score (nSPS) is 15.7. The number of benzene rings is 1. The van der Waals surface area contributed by atoms with Crippen LogP contribution >= 0.6 is 23.2 Å². The van der Waals surface area contributed by atoms with Gasteiger partial charge in [0, 0.05) is 21.5 Å². The van der Waals surface area contributed by atoms with Crippen LogP contribution in [0.3, 0.4) is 0 Å². The van der Waals surface area contributed by atoms with E-state index in [1.54, 1.807) is 18.2 Å². The standard InChI is InChI=1S/C14H14Cl2N4/c15-10-5-9(6-11(16)7-10)13-18-12(19-14(17)20-13)8-3-1-2-4-8/h5-8H,1-4H2,(H2,17,18,19,20). The Bertz CT molecular complexity index is 619. The molecule has 1 aliphatic carbocycles. The quantitative estimate of drug-likeness (QED) is 0.907. The SMILES string of the molecule is Nc1nc(-c2cc(Cl)cc(Cl)c2)nc(C2CCCC2)n1. The lowest BCUT2D eigenvalue weighted by Crippen LogP contribution is -2.07. The Morgan fingerprint density at radius 3 is 2.25 bits per heavy atom. The van der Waals surface area contributed by atoms with Gasteiger partial charge in [0.05, 0.1) is 0 Å². The van der Waals surface area contributed by atoms with Crippen LogP contribution in [0.5, 0.6) is 0 Å². The van der Waals surface area contributed by atoms with E-state index in [4.69, 9.17) is 28.9 Å². The summed E-state index contributed by atoms with van der Waals surface area (Å²) in [6.45, 7) is 0. The van der Waals surface area contributed by atoms with Crippen LogP contribution in [-0.2, 0) is 0 Å². The van der Waals surface area contributed by atoms with Gasteiger partial charge >= 0.3 is 0 Å². The molecule has 1 fully saturated rings. The number of nitrogen functional groups attached to an aromatic ring is 1. The van der Waals surface area contributed by atoms with Crippen LogP contribution in [0.2, 0.25) is 10.0 Å². The molecule has 0 spiro atoms. The predicted molar refractivity (Wildman–Crippen MR) is 80.9 cm³/mol. The van der Waals surface area contributed by atoms with Gasteiger partial charge < -0.3 is 5.73 Å². The van der Waals surface area contributed by atoms with Gasteiger partial charge in [0.25, 0.3) is 0 Å². The maximum atomic E-state index is 6.02. The largest absolute Gasteiger partial charge is 0.368 e. The summed E-state index contributed by atoms with van der Waals surface area (Å²) < 4.78 is 0. The van der Waals surface area contributed by atoms with Gasteiger partial charge in [-0.25, -0.2) is 4.98 Å². The van der Waals surface area contributed by atoms with E-state index in [0.717, 1.165) is 24.2 Å². The van der Waals surface area contributed by atoms with Crippen molar-refractivity contribution in [2.24, 2.45) is 0 Å². The summed E-state index contributed by atoms with van der Waals surface area (Å²) in [5.41, 5.74) is 6.57. The van der Waals surface area contributed by atoms with Crippen molar-refractivity contribution in [1.82, 2.24) is 15.0 Å². The zero-order chi connectivity index (χ0) is 14.1. The Labute approximate surface area is 127 Å². The van der Waals surface area contributed by atoms with Gasteiger partial charge in [0.15, 0.2) is 5.82 Å². The van der Waals surface area contributed by atoms with Crippen LogP contribution < -0.4 is 5.73 Å². The van der Waals surface area contributed by atoms with E-state index in [9.17, 15) is 0 Å². The highest BCUT2D eigenvalue weighted by Crippen LogP contribution is 2.33. The molecule has 1 heterocycles. The molecule has 20 heavy (non-hydrogen) atoms. The molecule has 6 heteroatoms. The third-order valence-electron chi connectivity index (χ3n) is 3.51. The highest BCUT2D eigenvalue weighted by atomic mass is 35.5. The lowest BCUT2D eigenvalue weighted by Gasteiger charge is -2.10. The molecule has 2 aromatic rings. The maximum Gasteiger partial charge on any atom is 0.223 e. The van der Waals surface area contributed by atoms with Crippen molar-refractivity contribution in [3.05, 3.63) is 34.1 Å². The van der Waals surface area contributed by atoms with E-state index in [0.29, 0.717) is 21.8 Å². The van der Waals surface area contributed by atoms with Crippen LogP contribution in [0.4, 0.5) is 5.95 Å². The highest BCUT2D eigenvalue weighted by molar-refractivity contribution is 6.35. The van der Waals surface area contributed by atoms with E-state index in [1.165, 1.54) is 12.8 Å². The van der Waals surface area contributed by atoms with Crippen molar-refractivity contribution in [2.45, 2.75) is 31.6 Å². The van der Waals surface area contributed by atoms with E-state index in [-0.39, 0.29) is 5.95 Å². The van der Waals surface area contributed by atoms with Crippen molar-refractivity contribution in [3.8, 4) is 11.4 Å². The van der Waals surface area contributed by atoms with Gasteiger partial charge in [-0.1, -0.05) is 36.0 Å². The van der Waals surface area contributed by atoms with Crippen LogP contribution in [0.15, 0.2) is 18.2 Å². The molecular formula is C14H14Cl2N4. The van der Waals surface area contributed by atoms with Crippen LogP contribution in [0, 0.1) is 0 Å². The summed E-state index contributed by atoms with van der Waals surface area (Å²) in [6.07, 6.45) is 4.65. The summed E-state index contributed by atoms with van der Waals surface area (Å²) in [6, 6.07) is 5.23. The number of hydrogen-bond acceptors (Lipinski definition) is 4. The molecule has 0 bridgehead atoms. The first kappa shape index (κ1) is 13.6. The fourth-order valence-corrected chi connectivity index (χ4v) is 3.11. The number of anilines is 1. The fraction of sp³-hybridized carbons (Fsp3) is 0.357. The summed E-state index contributed by atoms with van der Waals surface area (Å²) in [4.78, 5) is 13.0. The van der Waals surface area contributed by atoms with Gasteiger partial charge in [-0.3, -0.25) is 0 Å². The smallest absolute Gasteiger partial charge is 0.223 e. The van der Waals surface area contributed by atoms with Crippen molar-refractivity contribution in [3.63, 3.8) is 0 Å². The molecule has 0 saturated heterocycles. The monoisotopic (exact) mass is 308 g/mol. The number of nitrogens with zero attached hydrogens (tertiary/aromatic N) is 3. The third-order valence-corrected chi connectivity index (χ3v) is 3.95. The molecule has 0 aliphatic heterocycles. The van der Waals surface area contributed by atoms with Crippen molar-refractivity contribution in [1.29, 1.82) is 0 Å². The van der Waals surface area contributed by atoms with Crippen molar-refractivity contribution in [2.75, 3.05) is 5.73 Å². The van der Waals surface area contributed by atoms with Crippen LogP contribution in [0.25, 0.3) is 11.4 Å². The molecule has 0 radical (unpaired) electrons. The van der Waals surface area contributed by atoms with Gasteiger partial charge in [0.2, 0.25) is 5.95 Å². The molecule has 1 aromatic carbocycles. The van der Waals surface area contributed by atoms with Crippen molar-refractivity contribution < 1.29 is 0 Å². The van der Waals surface area contributed by atoms with Crippen LogP contribution in [-0.4, -0.2) is 15.0 Å². The number of rotatable bonds is 2. The zero-order valence-electron chi connectivity index (χ0n) is 10.8. The highest BCUT2D eigenvalue weighted by Gasteiger charge is 2.21. The van der Waals surface area contributed by atoms with Gasteiger partial charge in [-0.2, -0.15) is 9.97 Å². The second-order valence-electron chi connectivity index (χ2n) is 5.01. The molecule has 2 N–H and O–H groups in total. The molecule has 3 rings (SSSR count). The molecular weight excluding hydrogens is 295 g/mol. The Kier molecular flexibility index (Phi) is 3.76. The Morgan fingerprint density at radius 1 is 0.950 bits per heavy atom. The summed E-state index contributed by atoms with van der Waals surface area (Å²) >= 11 is 12.0. The van der Waals surface area contributed by atoms with Crippen LogP contribution in [0.1, 0.15) is 37.4 Å². The number of hydrogen-bond donors (Lipinski definition) is 1. The topological polar surface area (TPSA) is 64.7 Å². The molecule has 4 nitrogen and oxygen atoms in total. The van der Waals surface area contributed by atoms with Gasteiger partial charge in [-0.05, 0) is 31.0 Å². The first-order chi connectivity index (χ1) is 9.61. The lowest BCUT2D eigenvalue weighted by molar-refractivity contribution is 0.665. The Balaban J connectivity index is 2.04. The Morgan fingerprint density at radius 2 is 1.60 bits per heavy atom. The fourth-order valence-electron chi connectivity index (χ4n) is 2.59. The number of nitrogens with two attached hydrogens (primary N) is 1. The molecule has 0 amide bonds. The molecule has 1 saturated carbocycles. The molecule has 1 aromatic heterocycles. The second-order valence-corrected chi connectivity index (χ2v) is 5.89. The predicted octanol–water partition coefficient (Wildman–Crippen LogP) is 4.09. The van der Waals surface area contributed by atoms with Gasteiger partial charge in [-0.15, -0.1) is 0 Å². The molecule has 1 aliphatic rings. The minimum Gasteiger partial charge on any atom is -0.368 e. The average molecular weight is 309 g/mol. The maximum absolute atomic E-state index is 6.02.